The van der Waals surface area contributed by atoms with E-state index in [9.17, 15) is 14.0 Å². The van der Waals surface area contributed by atoms with Crippen LogP contribution in [-0.2, 0) is 4.79 Å². The molecular weight excluding hydrogens is 357 g/mol. The van der Waals surface area contributed by atoms with Gasteiger partial charge in [0.1, 0.15) is 5.82 Å². The van der Waals surface area contributed by atoms with Crippen molar-refractivity contribution >= 4 is 24.2 Å². The zero-order valence-electron chi connectivity index (χ0n) is 14.9. The van der Waals surface area contributed by atoms with E-state index in [1.165, 1.54) is 12.1 Å². The lowest BCUT2D eigenvalue weighted by Gasteiger charge is -2.24. The normalized spacial score (nSPS) is 23.3. The van der Waals surface area contributed by atoms with Crippen molar-refractivity contribution in [2.24, 2.45) is 11.7 Å². The second kappa shape index (κ2) is 9.33. The van der Waals surface area contributed by atoms with Crippen LogP contribution in [0.4, 0.5) is 4.39 Å². The van der Waals surface area contributed by atoms with E-state index in [1.807, 2.05) is 4.90 Å². The molecule has 2 atom stereocenters. The average Bonchev–Trinajstić information content (AvgIpc) is 2.86. The number of carbonyl (C=O) groups is 2. The van der Waals surface area contributed by atoms with Crippen LogP contribution in [0.25, 0.3) is 0 Å². The summed E-state index contributed by atoms with van der Waals surface area (Å²) in [4.78, 5) is 28.6. The smallest absolute Gasteiger partial charge is 0.256 e. The highest BCUT2D eigenvalue weighted by Gasteiger charge is 2.29. The van der Waals surface area contributed by atoms with E-state index in [4.69, 9.17) is 5.73 Å². The van der Waals surface area contributed by atoms with E-state index in [0.717, 1.165) is 19.3 Å². The molecule has 7 heteroatoms. The fraction of sp³-hybridized carbons (Fsp3) is 0.579. The monoisotopic (exact) mass is 383 g/mol. The fourth-order valence-corrected chi connectivity index (χ4v) is 3.85. The predicted molar refractivity (Wildman–Crippen MR) is 101 cm³/mol. The van der Waals surface area contributed by atoms with E-state index in [-0.39, 0.29) is 41.7 Å². The number of nitrogens with two attached hydrogens (primary N) is 1. The minimum Gasteiger partial charge on any atom is -0.341 e. The van der Waals surface area contributed by atoms with Crippen LogP contribution in [-0.4, -0.2) is 53.8 Å². The zero-order chi connectivity index (χ0) is 17.8. The van der Waals surface area contributed by atoms with Crippen LogP contribution in [0, 0.1) is 11.7 Å². The van der Waals surface area contributed by atoms with Crippen molar-refractivity contribution in [2.75, 3.05) is 26.2 Å². The average molecular weight is 384 g/mol. The molecule has 1 heterocycles. The summed E-state index contributed by atoms with van der Waals surface area (Å²) < 4.78 is 13.8. The van der Waals surface area contributed by atoms with E-state index in [2.05, 4.69) is 0 Å². The SMILES string of the molecule is Cl.N[C@@H]1CCC[C@H]1CC(=O)N1CCCN(C(=O)c2ccccc2F)CC1. The second-order valence-corrected chi connectivity index (χ2v) is 7.07. The van der Waals surface area contributed by atoms with Crippen molar-refractivity contribution in [1.29, 1.82) is 0 Å². The molecule has 0 bridgehead atoms. The number of halogens is 2. The Balaban J connectivity index is 0.00000243. The van der Waals surface area contributed by atoms with E-state index in [0.29, 0.717) is 39.0 Å². The second-order valence-electron chi connectivity index (χ2n) is 7.07. The number of benzene rings is 1. The Labute approximate surface area is 160 Å². The number of hydrogen-bond donors (Lipinski definition) is 1. The molecule has 5 nitrogen and oxygen atoms in total. The highest BCUT2D eigenvalue weighted by atomic mass is 35.5. The van der Waals surface area contributed by atoms with E-state index in [1.54, 1.807) is 17.0 Å². The predicted octanol–water partition coefficient (Wildman–Crippen LogP) is 2.44. The largest absolute Gasteiger partial charge is 0.341 e. The topological polar surface area (TPSA) is 66.6 Å². The third kappa shape index (κ3) is 4.74. The maximum Gasteiger partial charge on any atom is 0.256 e. The Kier molecular flexibility index (Phi) is 7.41. The number of amides is 2. The van der Waals surface area contributed by atoms with Crippen LogP contribution < -0.4 is 5.73 Å². The van der Waals surface area contributed by atoms with Crippen LogP contribution in [0.15, 0.2) is 24.3 Å². The first-order valence-corrected chi connectivity index (χ1v) is 9.13. The van der Waals surface area contributed by atoms with Crippen molar-refractivity contribution in [3.8, 4) is 0 Å². The van der Waals surface area contributed by atoms with Crippen molar-refractivity contribution in [1.82, 2.24) is 9.80 Å². The van der Waals surface area contributed by atoms with Crippen LogP contribution in [0.1, 0.15) is 42.5 Å². The quantitative estimate of drug-likeness (QED) is 0.871. The van der Waals surface area contributed by atoms with Crippen molar-refractivity contribution < 1.29 is 14.0 Å². The number of nitrogens with zero attached hydrogens (tertiary/aromatic N) is 2. The molecule has 0 unspecified atom stereocenters. The molecule has 2 N–H and O–H groups in total. The van der Waals surface area contributed by atoms with Gasteiger partial charge in [0, 0.05) is 38.6 Å². The third-order valence-corrected chi connectivity index (χ3v) is 5.39. The van der Waals surface area contributed by atoms with Gasteiger partial charge in [-0.2, -0.15) is 0 Å². The van der Waals surface area contributed by atoms with Crippen LogP contribution in [0.3, 0.4) is 0 Å². The zero-order valence-corrected chi connectivity index (χ0v) is 15.7. The molecule has 0 spiro atoms. The molecule has 1 aromatic rings. The lowest BCUT2D eigenvalue weighted by Crippen LogP contribution is -2.39. The summed E-state index contributed by atoms with van der Waals surface area (Å²) in [6.45, 7) is 2.12. The number of rotatable bonds is 3. The molecule has 1 saturated carbocycles. The Morgan fingerprint density at radius 3 is 2.42 bits per heavy atom. The first-order chi connectivity index (χ1) is 12.1. The molecule has 1 aliphatic carbocycles. The molecule has 2 amide bonds. The number of hydrogen-bond acceptors (Lipinski definition) is 3. The van der Waals surface area contributed by atoms with Crippen molar-refractivity contribution in [3.05, 3.63) is 35.6 Å². The highest BCUT2D eigenvalue weighted by molar-refractivity contribution is 5.94. The van der Waals surface area contributed by atoms with Gasteiger partial charge in [-0.15, -0.1) is 12.4 Å². The Bertz CT molecular complexity index is 643. The summed E-state index contributed by atoms with van der Waals surface area (Å²) in [5, 5.41) is 0. The lowest BCUT2D eigenvalue weighted by atomic mass is 9.99. The van der Waals surface area contributed by atoms with E-state index < -0.39 is 5.82 Å². The number of carbonyl (C=O) groups excluding carboxylic acids is 2. The Morgan fingerprint density at radius 2 is 1.73 bits per heavy atom. The van der Waals surface area contributed by atoms with Crippen molar-refractivity contribution in [2.45, 2.75) is 38.1 Å². The molecule has 26 heavy (non-hydrogen) atoms. The van der Waals surface area contributed by atoms with Gasteiger partial charge in [-0.3, -0.25) is 9.59 Å². The maximum absolute atomic E-state index is 13.8. The molecule has 2 aliphatic rings. The van der Waals surface area contributed by atoms with Gasteiger partial charge >= 0.3 is 0 Å². The highest BCUT2D eigenvalue weighted by Crippen LogP contribution is 2.27. The van der Waals surface area contributed by atoms with Gasteiger partial charge in [-0.05, 0) is 37.3 Å². The Hall–Kier alpha value is -1.66. The lowest BCUT2D eigenvalue weighted by molar-refractivity contribution is -0.132. The minimum atomic E-state index is -0.500. The van der Waals surface area contributed by atoms with Gasteiger partial charge in [-0.25, -0.2) is 4.39 Å². The molecule has 0 radical (unpaired) electrons. The first-order valence-electron chi connectivity index (χ1n) is 9.13. The molecule has 2 fully saturated rings. The van der Waals surface area contributed by atoms with Crippen LogP contribution in [0.5, 0.6) is 0 Å². The summed E-state index contributed by atoms with van der Waals surface area (Å²) in [6.07, 6.45) is 4.34. The van der Waals surface area contributed by atoms with Crippen LogP contribution in [0.2, 0.25) is 0 Å². The maximum atomic E-state index is 13.8. The molecular formula is C19H27ClFN3O2. The summed E-state index contributed by atoms with van der Waals surface area (Å²) >= 11 is 0. The molecule has 3 rings (SSSR count). The van der Waals surface area contributed by atoms with Gasteiger partial charge in [0.25, 0.3) is 5.91 Å². The first kappa shape index (κ1) is 20.6. The Morgan fingerprint density at radius 1 is 1.04 bits per heavy atom. The molecule has 0 aromatic heterocycles. The van der Waals surface area contributed by atoms with Gasteiger partial charge in [0.15, 0.2) is 0 Å². The summed E-state index contributed by atoms with van der Waals surface area (Å²) in [6, 6.07) is 6.17. The molecule has 144 valence electrons. The van der Waals surface area contributed by atoms with Crippen molar-refractivity contribution in [3.63, 3.8) is 0 Å². The third-order valence-electron chi connectivity index (χ3n) is 5.39. The standard InChI is InChI=1S/C19H26FN3O2.ClH/c20-16-7-2-1-6-15(16)19(25)23-10-4-9-22(11-12-23)18(24)13-14-5-3-8-17(14)21;/h1-2,6-7,14,17H,3-5,8-13,21H2;1H/t14-,17+;/m0./s1. The van der Waals surface area contributed by atoms with Gasteiger partial charge in [0.05, 0.1) is 5.56 Å². The summed E-state index contributed by atoms with van der Waals surface area (Å²) in [7, 11) is 0. The van der Waals surface area contributed by atoms with Gasteiger partial charge in [0.2, 0.25) is 5.91 Å². The molecule has 1 aliphatic heterocycles. The molecule has 1 aromatic carbocycles. The summed E-state index contributed by atoms with van der Waals surface area (Å²) in [5.74, 6) is -0.389. The van der Waals surface area contributed by atoms with Gasteiger partial charge < -0.3 is 15.5 Å². The van der Waals surface area contributed by atoms with Gasteiger partial charge in [-0.1, -0.05) is 18.6 Å². The molecule has 1 saturated heterocycles. The van der Waals surface area contributed by atoms with E-state index >= 15 is 0 Å². The summed E-state index contributed by atoms with van der Waals surface area (Å²) in [5.41, 5.74) is 6.17. The van der Waals surface area contributed by atoms with Crippen LogP contribution >= 0.6 is 12.4 Å². The minimum absolute atomic E-state index is 0. The fourth-order valence-electron chi connectivity index (χ4n) is 3.85.